The van der Waals surface area contributed by atoms with Crippen LogP contribution in [0, 0.1) is 12.8 Å². The number of para-hydroxylation sites is 2. The molecule has 3 aromatic heterocycles. The molecule has 0 spiro atoms. The summed E-state index contributed by atoms with van der Waals surface area (Å²) in [7, 11) is 0. The molecule has 0 radical (unpaired) electrons. The smallest absolute Gasteiger partial charge is 0.220 e. The van der Waals surface area contributed by atoms with Crippen LogP contribution in [0.25, 0.3) is 39.1 Å². The maximum atomic E-state index is 11.9. The van der Waals surface area contributed by atoms with Gasteiger partial charge in [0.1, 0.15) is 11.6 Å². The highest BCUT2D eigenvalue weighted by molar-refractivity contribution is 5.88. The molecule has 0 aliphatic heterocycles. The summed E-state index contributed by atoms with van der Waals surface area (Å²) in [5.41, 5.74) is 5.70. The third-order valence-electron chi connectivity index (χ3n) is 6.66. The molecule has 3 heterocycles. The molecule has 0 fully saturated rings. The van der Waals surface area contributed by atoms with Gasteiger partial charge in [0, 0.05) is 31.6 Å². The normalized spacial score (nSPS) is 11.7. The Hall–Kier alpha value is -4.01. The maximum Gasteiger partial charge on any atom is 0.220 e. The number of hydrogen-bond acceptors (Lipinski definition) is 6. The van der Waals surface area contributed by atoms with E-state index in [9.17, 15) is 4.79 Å². The Morgan fingerprint density at radius 3 is 2.61 bits per heavy atom. The summed E-state index contributed by atoms with van der Waals surface area (Å²) in [5.74, 6) is 2.96. The van der Waals surface area contributed by atoms with Crippen molar-refractivity contribution in [3.63, 3.8) is 0 Å². The fourth-order valence-electron chi connectivity index (χ4n) is 4.91. The Morgan fingerprint density at radius 2 is 1.79 bits per heavy atom. The van der Waals surface area contributed by atoms with E-state index in [1.807, 2.05) is 13.0 Å². The number of carbonyl (C=O) groups is 1. The van der Waals surface area contributed by atoms with Crippen LogP contribution in [-0.2, 0) is 11.3 Å². The minimum Gasteiger partial charge on any atom is -0.367 e. The number of nitrogens with zero attached hydrogens (tertiary/aromatic N) is 6. The second-order valence-electron chi connectivity index (χ2n) is 10.2. The van der Waals surface area contributed by atoms with Crippen LogP contribution >= 0.6 is 0 Å². The first kappa shape index (κ1) is 25.6. The van der Waals surface area contributed by atoms with Gasteiger partial charge >= 0.3 is 0 Å². The van der Waals surface area contributed by atoms with Crippen LogP contribution in [0.4, 0.5) is 5.82 Å². The largest absolute Gasteiger partial charge is 0.367 e. The molecule has 0 bridgehead atoms. The Labute approximate surface area is 222 Å². The quantitative estimate of drug-likeness (QED) is 0.231. The van der Waals surface area contributed by atoms with E-state index in [1.165, 1.54) is 0 Å². The van der Waals surface area contributed by atoms with Crippen molar-refractivity contribution >= 4 is 39.4 Å². The van der Waals surface area contributed by atoms with Gasteiger partial charge in [-0.3, -0.25) is 9.20 Å². The summed E-state index contributed by atoms with van der Waals surface area (Å²) in [4.78, 5) is 21.8. The predicted molar refractivity (Wildman–Crippen MR) is 152 cm³/mol. The van der Waals surface area contributed by atoms with Crippen molar-refractivity contribution < 1.29 is 4.79 Å². The number of anilines is 1. The molecule has 2 aromatic carbocycles. The molecule has 5 aromatic rings. The number of benzene rings is 2. The third-order valence-corrected chi connectivity index (χ3v) is 6.66. The molecule has 9 nitrogen and oxygen atoms in total. The van der Waals surface area contributed by atoms with Crippen LogP contribution in [0.3, 0.4) is 0 Å². The predicted octanol–water partition coefficient (Wildman–Crippen LogP) is 5.37. The zero-order valence-electron chi connectivity index (χ0n) is 22.7. The zero-order valence-corrected chi connectivity index (χ0v) is 22.7. The van der Waals surface area contributed by atoms with E-state index < -0.39 is 0 Å². The van der Waals surface area contributed by atoms with E-state index in [2.05, 4.69) is 87.0 Å². The van der Waals surface area contributed by atoms with Gasteiger partial charge in [-0.1, -0.05) is 32.9 Å². The van der Waals surface area contributed by atoms with Gasteiger partial charge < -0.3 is 15.2 Å². The van der Waals surface area contributed by atoms with Gasteiger partial charge in [0.05, 0.1) is 22.1 Å². The van der Waals surface area contributed by atoms with Crippen molar-refractivity contribution in [2.45, 2.75) is 59.9 Å². The first-order valence-electron chi connectivity index (χ1n) is 13.6. The lowest BCUT2D eigenvalue weighted by Gasteiger charge is -2.12. The van der Waals surface area contributed by atoms with Gasteiger partial charge in [-0.15, -0.1) is 10.2 Å². The molecule has 0 saturated carbocycles. The zero-order chi connectivity index (χ0) is 26.6. The standard InChI is InChI=1S/C29H36N8O/c1-5-16-36-24-11-7-6-10-22(24)33-28(36)21-12-13-25-23(18-21)32-27(29-35-34-20(4)37(25)29)31-15-9-8-14-30-26(38)17-19(2)3/h6-7,10-13,18-19H,5,8-9,14-17H2,1-4H3,(H,30,38)(H,31,32). The number of unbranched alkanes of at least 4 members (excludes halogenated alkanes) is 1. The number of hydrogen-bond donors (Lipinski definition) is 2. The number of carbonyl (C=O) groups excluding carboxylic acids is 1. The molecule has 0 unspecified atom stereocenters. The molecule has 0 saturated heterocycles. The minimum atomic E-state index is 0.119. The van der Waals surface area contributed by atoms with Gasteiger partial charge in [0.2, 0.25) is 11.6 Å². The van der Waals surface area contributed by atoms with Crippen LogP contribution in [0.15, 0.2) is 42.5 Å². The second kappa shape index (κ2) is 11.2. The molecular weight excluding hydrogens is 476 g/mol. The van der Waals surface area contributed by atoms with Crippen LogP contribution in [0.2, 0.25) is 0 Å². The lowest BCUT2D eigenvalue weighted by atomic mass is 10.1. The molecule has 0 aliphatic carbocycles. The van der Waals surface area contributed by atoms with Crippen LogP contribution in [0.5, 0.6) is 0 Å². The number of amides is 1. The summed E-state index contributed by atoms with van der Waals surface area (Å²) in [6.45, 7) is 10.6. The van der Waals surface area contributed by atoms with Gasteiger partial charge in [-0.2, -0.15) is 0 Å². The Bertz CT molecular complexity index is 1580. The van der Waals surface area contributed by atoms with Crippen molar-refractivity contribution in [2.75, 3.05) is 18.4 Å². The minimum absolute atomic E-state index is 0.119. The van der Waals surface area contributed by atoms with E-state index in [1.54, 1.807) is 0 Å². The number of fused-ring (bicyclic) bond motifs is 4. The maximum absolute atomic E-state index is 11.9. The Morgan fingerprint density at radius 1 is 0.974 bits per heavy atom. The van der Waals surface area contributed by atoms with Crippen LogP contribution in [-0.4, -0.2) is 48.1 Å². The summed E-state index contributed by atoms with van der Waals surface area (Å²) in [5, 5.41) is 15.2. The van der Waals surface area contributed by atoms with Gasteiger partial charge in [-0.05, 0) is 62.4 Å². The highest BCUT2D eigenvalue weighted by Gasteiger charge is 2.16. The Balaban J connectivity index is 1.40. The third kappa shape index (κ3) is 5.18. The van der Waals surface area contributed by atoms with Crippen molar-refractivity contribution in [3.8, 4) is 11.4 Å². The average molecular weight is 513 g/mol. The highest BCUT2D eigenvalue weighted by Crippen LogP contribution is 2.29. The summed E-state index contributed by atoms with van der Waals surface area (Å²) >= 11 is 0. The van der Waals surface area contributed by atoms with Gasteiger partial charge in [-0.25, -0.2) is 9.97 Å². The summed E-state index contributed by atoms with van der Waals surface area (Å²) in [6, 6.07) is 14.6. The topological polar surface area (TPSA) is 102 Å². The fourth-order valence-corrected chi connectivity index (χ4v) is 4.91. The van der Waals surface area contributed by atoms with E-state index >= 15 is 0 Å². The van der Waals surface area contributed by atoms with Crippen molar-refractivity contribution in [1.82, 2.24) is 34.4 Å². The molecule has 9 heteroatoms. The molecule has 0 aliphatic rings. The molecule has 0 atom stereocenters. The van der Waals surface area contributed by atoms with E-state index in [4.69, 9.17) is 9.97 Å². The molecule has 2 N–H and O–H groups in total. The lowest BCUT2D eigenvalue weighted by molar-refractivity contribution is -0.121. The SMILES string of the molecule is CCCn1c(-c2ccc3c(c2)nc(NCCCCNC(=O)CC(C)C)c2nnc(C)n23)nc2ccccc21. The van der Waals surface area contributed by atoms with E-state index in [-0.39, 0.29) is 5.91 Å². The first-order chi connectivity index (χ1) is 18.5. The summed E-state index contributed by atoms with van der Waals surface area (Å²) < 4.78 is 4.34. The van der Waals surface area contributed by atoms with Crippen molar-refractivity contribution in [1.29, 1.82) is 0 Å². The first-order valence-corrected chi connectivity index (χ1v) is 13.6. The monoisotopic (exact) mass is 512 g/mol. The average Bonchev–Trinajstić information content (AvgIpc) is 3.47. The molecule has 38 heavy (non-hydrogen) atoms. The molecular formula is C29H36N8O. The van der Waals surface area contributed by atoms with Gasteiger partial charge in [0.25, 0.3) is 0 Å². The van der Waals surface area contributed by atoms with Gasteiger partial charge in [0.15, 0.2) is 5.82 Å². The second-order valence-corrected chi connectivity index (χ2v) is 10.2. The van der Waals surface area contributed by atoms with E-state index in [0.29, 0.717) is 30.3 Å². The number of imidazole rings is 1. The van der Waals surface area contributed by atoms with Crippen molar-refractivity contribution in [3.05, 3.63) is 48.3 Å². The number of aryl methyl sites for hydroxylation is 2. The number of aromatic nitrogens is 6. The van der Waals surface area contributed by atoms with Crippen LogP contribution in [0.1, 0.15) is 52.3 Å². The number of rotatable bonds is 11. The highest BCUT2D eigenvalue weighted by atomic mass is 16.1. The van der Waals surface area contributed by atoms with Crippen LogP contribution < -0.4 is 10.6 Å². The molecule has 198 valence electrons. The molecule has 1 amide bonds. The summed E-state index contributed by atoms with van der Waals surface area (Å²) in [6.07, 6.45) is 3.39. The lowest BCUT2D eigenvalue weighted by Crippen LogP contribution is -2.25. The van der Waals surface area contributed by atoms with Crippen molar-refractivity contribution in [2.24, 2.45) is 5.92 Å². The Kier molecular flexibility index (Phi) is 7.53. The number of nitrogens with one attached hydrogen (secondary N) is 2. The molecule has 5 rings (SSSR count). The fraction of sp³-hybridized carbons (Fsp3) is 0.414. The van der Waals surface area contributed by atoms with E-state index in [0.717, 1.165) is 71.6 Å².